The SMILES string of the molecule is COCCNC(=O)C(C)N1CCC(CCN)C1. The Kier molecular flexibility index (Phi) is 6.47. The van der Waals surface area contributed by atoms with Crippen LogP contribution < -0.4 is 11.1 Å². The molecule has 0 saturated carbocycles. The standard InChI is InChI=1S/C12H25N3O2/c1-10(12(16)14-6-8-17-2)15-7-4-11(9-15)3-5-13/h10-11H,3-9,13H2,1-2H3,(H,14,16). The van der Waals surface area contributed by atoms with Crippen LogP contribution >= 0.6 is 0 Å². The van der Waals surface area contributed by atoms with E-state index in [1.54, 1.807) is 7.11 Å². The summed E-state index contributed by atoms with van der Waals surface area (Å²) in [4.78, 5) is 14.1. The molecule has 100 valence electrons. The molecule has 0 aromatic carbocycles. The molecular weight excluding hydrogens is 218 g/mol. The Labute approximate surface area is 104 Å². The Morgan fingerprint density at radius 1 is 1.65 bits per heavy atom. The van der Waals surface area contributed by atoms with E-state index in [1.165, 1.54) is 0 Å². The Balaban J connectivity index is 2.27. The van der Waals surface area contributed by atoms with Crippen LogP contribution in [-0.2, 0) is 9.53 Å². The van der Waals surface area contributed by atoms with E-state index in [2.05, 4.69) is 10.2 Å². The van der Waals surface area contributed by atoms with Crippen LogP contribution in [0, 0.1) is 5.92 Å². The largest absolute Gasteiger partial charge is 0.383 e. The van der Waals surface area contributed by atoms with E-state index in [-0.39, 0.29) is 11.9 Å². The van der Waals surface area contributed by atoms with Crippen LogP contribution in [-0.4, -0.2) is 56.7 Å². The van der Waals surface area contributed by atoms with Crippen molar-refractivity contribution in [1.29, 1.82) is 0 Å². The monoisotopic (exact) mass is 243 g/mol. The summed E-state index contributed by atoms with van der Waals surface area (Å²) in [6.45, 7) is 5.85. The first-order valence-corrected chi connectivity index (χ1v) is 6.39. The number of nitrogens with two attached hydrogens (primary N) is 1. The normalized spacial score (nSPS) is 22.6. The lowest BCUT2D eigenvalue weighted by Gasteiger charge is -2.23. The molecule has 1 rings (SSSR count). The third-order valence-electron chi connectivity index (χ3n) is 3.42. The molecule has 1 amide bonds. The van der Waals surface area contributed by atoms with E-state index in [4.69, 9.17) is 10.5 Å². The van der Waals surface area contributed by atoms with Crippen molar-refractivity contribution >= 4 is 5.91 Å². The average molecular weight is 243 g/mol. The van der Waals surface area contributed by atoms with Gasteiger partial charge in [0.15, 0.2) is 0 Å². The van der Waals surface area contributed by atoms with Gasteiger partial charge in [-0.25, -0.2) is 0 Å². The number of amides is 1. The van der Waals surface area contributed by atoms with Gasteiger partial charge in [0.1, 0.15) is 0 Å². The number of carbonyl (C=O) groups excluding carboxylic acids is 1. The van der Waals surface area contributed by atoms with Gasteiger partial charge >= 0.3 is 0 Å². The lowest BCUT2D eigenvalue weighted by Crippen LogP contribution is -2.44. The summed E-state index contributed by atoms with van der Waals surface area (Å²) in [6, 6.07) is -0.0466. The van der Waals surface area contributed by atoms with Crippen LogP contribution in [0.4, 0.5) is 0 Å². The Hall–Kier alpha value is -0.650. The van der Waals surface area contributed by atoms with Crippen LogP contribution in [0.25, 0.3) is 0 Å². The van der Waals surface area contributed by atoms with Crippen molar-refractivity contribution in [3.63, 3.8) is 0 Å². The van der Waals surface area contributed by atoms with Gasteiger partial charge in [-0.05, 0) is 38.8 Å². The molecule has 1 aliphatic heterocycles. The first-order valence-electron chi connectivity index (χ1n) is 6.39. The maximum Gasteiger partial charge on any atom is 0.237 e. The maximum atomic E-state index is 11.8. The third kappa shape index (κ3) is 4.61. The topological polar surface area (TPSA) is 67.6 Å². The third-order valence-corrected chi connectivity index (χ3v) is 3.42. The van der Waals surface area contributed by atoms with Gasteiger partial charge in [0.05, 0.1) is 12.6 Å². The molecule has 1 fully saturated rings. The maximum absolute atomic E-state index is 11.8. The van der Waals surface area contributed by atoms with Gasteiger partial charge in [-0.2, -0.15) is 0 Å². The summed E-state index contributed by atoms with van der Waals surface area (Å²) in [7, 11) is 1.63. The number of rotatable bonds is 7. The second-order valence-corrected chi connectivity index (χ2v) is 4.69. The first-order chi connectivity index (χ1) is 8.19. The predicted octanol–water partition coefficient (Wildman–Crippen LogP) is -0.192. The number of methoxy groups -OCH3 is 1. The van der Waals surface area contributed by atoms with Crippen LogP contribution in [0.15, 0.2) is 0 Å². The zero-order valence-electron chi connectivity index (χ0n) is 10.9. The Morgan fingerprint density at radius 3 is 3.06 bits per heavy atom. The molecule has 0 aromatic rings. The van der Waals surface area contributed by atoms with E-state index < -0.39 is 0 Å². The van der Waals surface area contributed by atoms with Gasteiger partial charge in [0.25, 0.3) is 0 Å². The van der Waals surface area contributed by atoms with Crippen LogP contribution in [0.5, 0.6) is 0 Å². The number of hydrogen-bond acceptors (Lipinski definition) is 4. The van der Waals surface area contributed by atoms with Crippen LogP contribution in [0.3, 0.4) is 0 Å². The molecule has 2 unspecified atom stereocenters. The average Bonchev–Trinajstić information content (AvgIpc) is 2.77. The van der Waals surface area contributed by atoms with Crippen molar-refractivity contribution in [1.82, 2.24) is 10.2 Å². The first kappa shape index (κ1) is 14.4. The number of likely N-dealkylation sites (tertiary alicyclic amines) is 1. The van der Waals surface area contributed by atoms with Gasteiger partial charge in [-0.1, -0.05) is 0 Å². The highest BCUT2D eigenvalue weighted by Crippen LogP contribution is 2.20. The number of nitrogens with one attached hydrogen (secondary N) is 1. The molecular formula is C12H25N3O2. The minimum atomic E-state index is -0.0466. The number of ether oxygens (including phenoxy) is 1. The van der Waals surface area contributed by atoms with E-state index in [9.17, 15) is 4.79 Å². The number of carbonyl (C=O) groups is 1. The van der Waals surface area contributed by atoms with Crippen molar-refractivity contribution in [2.45, 2.75) is 25.8 Å². The molecule has 0 radical (unpaired) electrons. The molecule has 5 nitrogen and oxygen atoms in total. The van der Waals surface area contributed by atoms with Gasteiger partial charge in [0, 0.05) is 20.2 Å². The smallest absolute Gasteiger partial charge is 0.237 e. The molecule has 0 aromatic heterocycles. The highest BCUT2D eigenvalue weighted by Gasteiger charge is 2.28. The minimum absolute atomic E-state index is 0.0466. The molecule has 1 heterocycles. The second-order valence-electron chi connectivity index (χ2n) is 4.69. The zero-order valence-corrected chi connectivity index (χ0v) is 10.9. The molecule has 2 atom stereocenters. The fourth-order valence-corrected chi connectivity index (χ4v) is 2.28. The summed E-state index contributed by atoms with van der Waals surface area (Å²) < 4.78 is 4.90. The van der Waals surface area contributed by atoms with Crippen molar-refractivity contribution < 1.29 is 9.53 Å². The molecule has 0 spiro atoms. The lowest BCUT2D eigenvalue weighted by atomic mass is 10.1. The lowest BCUT2D eigenvalue weighted by molar-refractivity contribution is -0.125. The van der Waals surface area contributed by atoms with Crippen molar-refractivity contribution in [3.05, 3.63) is 0 Å². The summed E-state index contributed by atoms with van der Waals surface area (Å²) in [5.41, 5.74) is 5.56. The fraction of sp³-hybridized carbons (Fsp3) is 0.917. The molecule has 1 saturated heterocycles. The molecule has 0 aliphatic carbocycles. The summed E-state index contributed by atoms with van der Waals surface area (Å²) >= 11 is 0. The predicted molar refractivity (Wildman–Crippen MR) is 67.7 cm³/mol. The zero-order chi connectivity index (χ0) is 12.7. The number of hydrogen-bond donors (Lipinski definition) is 2. The second kappa shape index (κ2) is 7.63. The quantitative estimate of drug-likeness (QED) is 0.608. The molecule has 0 bridgehead atoms. The summed E-state index contributed by atoms with van der Waals surface area (Å²) in [5.74, 6) is 0.754. The van der Waals surface area contributed by atoms with Crippen molar-refractivity contribution in [2.75, 3.05) is 39.9 Å². The van der Waals surface area contributed by atoms with Gasteiger partial charge in [0.2, 0.25) is 5.91 Å². The molecule has 17 heavy (non-hydrogen) atoms. The minimum Gasteiger partial charge on any atom is -0.383 e. The van der Waals surface area contributed by atoms with E-state index in [0.717, 1.165) is 32.5 Å². The van der Waals surface area contributed by atoms with Gasteiger partial charge in [-0.3, -0.25) is 9.69 Å². The molecule has 1 aliphatic rings. The molecule has 3 N–H and O–H groups in total. The van der Waals surface area contributed by atoms with Crippen LogP contribution in [0.1, 0.15) is 19.8 Å². The van der Waals surface area contributed by atoms with Gasteiger partial charge in [-0.15, -0.1) is 0 Å². The summed E-state index contributed by atoms with van der Waals surface area (Å²) in [5, 5.41) is 2.88. The molecule has 5 heteroatoms. The highest BCUT2D eigenvalue weighted by atomic mass is 16.5. The Morgan fingerprint density at radius 2 is 2.41 bits per heavy atom. The van der Waals surface area contributed by atoms with E-state index >= 15 is 0 Å². The van der Waals surface area contributed by atoms with E-state index in [1.807, 2.05) is 6.92 Å². The summed E-state index contributed by atoms with van der Waals surface area (Å²) in [6.07, 6.45) is 2.22. The van der Waals surface area contributed by atoms with Crippen LogP contribution in [0.2, 0.25) is 0 Å². The van der Waals surface area contributed by atoms with Gasteiger partial charge < -0.3 is 15.8 Å². The van der Waals surface area contributed by atoms with Crippen molar-refractivity contribution in [2.24, 2.45) is 11.7 Å². The van der Waals surface area contributed by atoms with E-state index in [0.29, 0.717) is 19.1 Å². The Bertz CT molecular complexity index is 236. The number of nitrogens with zero attached hydrogens (tertiary/aromatic N) is 1. The van der Waals surface area contributed by atoms with Crippen molar-refractivity contribution in [3.8, 4) is 0 Å². The highest BCUT2D eigenvalue weighted by molar-refractivity contribution is 5.81. The fourth-order valence-electron chi connectivity index (χ4n) is 2.28.